The zero-order valence-corrected chi connectivity index (χ0v) is 32.0. The Kier molecular flexibility index (Phi) is 7.37. The SMILES string of the molecule is c1ccc(-c2nc(-c3ccc4c(c3)c3ccccc3n4-c3ccccc3)cc(-c3cccc4c3nc(-c3ccccc3)c3ccc5sc6ccccc6c5c34)n2)cc1. The zero-order valence-electron chi connectivity index (χ0n) is 31.2. The molecule has 0 saturated carbocycles. The van der Waals surface area contributed by atoms with E-state index >= 15 is 0 Å². The van der Waals surface area contributed by atoms with E-state index in [9.17, 15) is 0 Å². The predicted molar refractivity (Wildman–Crippen MR) is 244 cm³/mol. The Morgan fingerprint density at radius 2 is 1.05 bits per heavy atom. The third kappa shape index (κ3) is 5.11. The van der Waals surface area contributed by atoms with Gasteiger partial charge in [0.05, 0.1) is 33.6 Å². The highest BCUT2D eigenvalue weighted by Gasteiger charge is 2.21. The zero-order chi connectivity index (χ0) is 38.2. The monoisotopic (exact) mass is 756 g/mol. The maximum atomic E-state index is 5.57. The highest BCUT2D eigenvalue weighted by Crippen LogP contribution is 2.45. The number of rotatable bonds is 5. The molecule has 0 unspecified atom stereocenters. The number of thiophene rings is 1. The van der Waals surface area contributed by atoms with Crippen LogP contribution >= 0.6 is 11.3 Å². The van der Waals surface area contributed by atoms with Gasteiger partial charge in [-0.1, -0.05) is 146 Å². The summed E-state index contributed by atoms with van der Waals surface area (Å²) in [6.07, 6.45) is 0. The average Bonchev–Trinajstić information content (AvgIpc) is 3.85. The second-order valence-electron chi connectivity index (χ2n) is 14.7. The lowest BCUT2D eigenvalue weighted by molar-refractivity contribution is 1.18. The summed E-state index contributed by atoms with van der Waals surface area (Å²) in [7, 11) is 0. The molecular weight excluding hydrogens is 725 g/mol. The fourth-order valence-electron chi connectivity index (χ4n) is 8.79. The molecule has 0 bridgehead atoms. The Morgan fingerprint density at radius 1 is 0.379 bits per heavy atom. The van der Waals surface area contributed by atoms with Crippen molar-refractivity contribution in [3.05, 3.63) is 194 Å². The van der Waals surface area contributed by atoms with Crippen LogP contribution in [-0.2, 0) is 0 Å². The molecule has 8 aromatic carbocycles. The van der Waals surface area contributed by atoms with Crippen molar-refractivity contribution in [2.75, 3.05) is 0 Å². The lowest BCUT2D eigenvalue weighted by Crippen LogP contribution is -1.98. The van der Waals surface area contributed by atoms with Crippen molar-refractivity contribution in [2.24, 2.45) is 0 Å². The molecule has 12 rings (SSSR count). The van der Waals surface area contributed by atoms with Crippen LogP contribution in [0.5, 0.6) is 0 Å². The Morgan fingerprint density at radius 3 is 1.88 bits per heavy atom. The highest BCUT2D eigenvalue weighted by atomic mass is 32.1. The number of para-hydroxylation sites is 3. The Labute approximate surface area is 338 Å². The molecule has 0 atom stereocenters. The fourth-order valence-corrected chi connectivity index (χ4v) is 9.90. The first-order chi connectivity index (χ1) is 28.8. The standard InChI is InChI=1S/C53H32N4S/c1-4-15-33(16-5-1)51-41-28-30-48-50(39-22-11-13-26-47(39)58-48)49(41)40-24-14-23-38(52(40)56-51)44-32-43(54-53(55-44)34-17-6-2-7-18-34)35-27-29-46-42(31-35)37-21-10-12-25-45(37)57(46)36-19-8-3-9-20-36/h1-32H. The van der Waals surface area contributed by atoms with Gasteiger partial charge in [-0.15, -0.1) is 11.3 Å². The summed E-state index contributed by atoms with van der Waals surface area (Å²) in [5, 5.41) is 8.39. The molecule has 4 aromatic heterocycles. The van der Waals surface area contributed by atoms with Crippen molar-refractivity contribution in [3.63, 3.8) is 0 Å². The maximum absolute atomic E-state index is 5.57. The molecule has 0 aliphatic carbocycles. The van der Waals surface area contributed by atoms with E-state index in [1.165, 1.54) is 41.8 Å². The molecule has 0 aliphatic rings. The molecule has 0 saturated heterocycles. The van der Waals surface area contributed by atoms with E-state index in [0.29, 0.717) is 5.82 Å². The van der Waals surface area contributed by atoms with Crippen LogP contribution in [0.25, 0.3) is 115 Å². The summed E-state index contributed by atoms with van der Waals surface area (Å²) in [5.74, 6) is 0.673. The first-order valence-corrected chi connectivity index (χ1v) is 20.3. The van der Waals surface area contributed by atoms with Crippen LogP contribution in [0.3, 0.4) is 0 Å². The molecule has 0 fully saturated rings. The largest absolute Gasteiger partial charge is 0.309 e. The summed E-state index contributed by atoms with van der Waals surface area (Å²) >= 11 is 1.85. The van der Waals surface area contributed by atoms with E-state index in [0.717, 1.165) is 66.8 Å². The lowest BCUT2D eigenvalue weighted by Gasteiger charge is -2.15. The van der Waals surface area contributed by atoms with Gasteiger partial charge in [0.2, 0.25) is 0 Å². The van der Waals surface area contributed by atoms with E-state index in [4.69, 9.17) is 15.0 Å². The molecule has 0 radical (unpaired) electrons. The Hall–Kier alpha value is -7.47. The van der Waals surface area contributed by atoms with Crippen LogP contribution in [-0.4, -0.2) is 19.5 Å². The van der Waals surface area contributed by atoms with Crippen molar-refractivity contribution in [1.82, 2.24) is 19.5 Å². The molecule has 5 heteroatoms. The van der Waals surface area contributed by atoms with E-state index in [-0.39, 0.29) is 0 Å². The van der Waals surface area contributed by atoms with E-state index in [1.807, 2.05) is 29.5 Å². The van der Waals surface area contributed by atoms with Gasteiger partial charge in [0.15, 0.2) is 5.82 Å². The molecule has 0 aliphatic heterocycles. The highest BCUT2D eigenvalue weighted by molar-refractivity contribution is 7.26. The van der Waals surface area contributed by atoms with Crippen LogP contribution < -0.4 is 0 Å². The first-order valence-electron chi connectivity index (χ1n) is 19.5. The number of benzene rings is 8. The average molecular weight is 757 g/mol. The molecule has 0 N–H and O–H groups in total. The number of fused-ring (bicyclic) bond motifs is 10. The van der Waals surface area contributed by atoms with E-state index in [2.05, 4.69) is 180 Å². The number of hydrogen-bond acceptors (Lipinski definition) is 4. The van der Waals surface area contributed by atoms with Crippen molar-refractivity contribution >= 4 is 75.0 Å². The summed E-state index contributed by atoms with van der Waals surface area (Å²) in [5.41, 5.74) is 11.1. The van der Waals surface area contributed by atoms with E-state index < -0.39 is 0 Å². The minimum absolute atomic E-state index is 0.673. The van der Waals surface area contributed by atoms with Crippen molar-refractivity contribution in [1.29, 1.82) is 0 Å². The second-order valence-corrected chi connectivity index (χ2v) is 15.8. The third-order valence-electron chi connectivity index (χ3n) is 11.4. The molecule has 4 nitrogen and oxygen atoms in total. The van der Waals surface area contributed by atoms with Gasteiger partial charge in [0.25, 0.3) is 0 Å². The molecule has 270 valence electrons. The second kappa shape index (κ2) is 13.1. The number of pyridine rings is 1. The lowest BCUT2D eigenvalue weighted by atomic mass is 9.94. The number of aromatic nitrogens is 4. The van der Waals surface area contributed by atoms with Gasteiger partial charge in [0, 0.05) is 75.0 Å². The fraction of sp³-hybridized carbons (Fsp3) is 0. The molecule has 12 aromatic rings. The topological polar surface area (TPSA) is 43.6 Å². The van der Waals surface area contributed by atoms with Crippen molar-refractivity contribution in [3.8, 4) is 50.8 Å². The van der Waals surface area contributed by atoms with Crippen LogP contribution in [0.1, 0.15) is 0 Å². The quantitative estimate of drug-likeness (QED) is 0.164. The third-order valence-corrected chi connectivity index (χ3v) is 12.5. The normalized spacial score (nSPS) is 11.8. The molecule has 0 amide bonds. The summed E-state index contributed by atoms with van der Waals surface area (Å²) in [6.45, 7) is 0. The van der Waals surface area contributed by atoms with Gasteiger partial charge in [-0.2, -0.15) is 0 Å². The van der Waals surface area contributed by atoms with Crippen molar-refractivity contribution < 1.29 is 0 Å². The summed E-state index contributed by atoms with van der Waals surface area (Å²) in [6, 6.07) is 68.8. The van der Waals surface area contributed by atoms with E-state index in [1.54, 1.807) is 0 Å². The number of nitrogens with zero attached hydrogens (tertiary/aromatic N) is 4. The summed E-state index contributed by atoms with van der Waals surface area (Å²) in [4.78, 5) is 16.2. The minimum atomic E-state index is 0.673. The van der Waals surface area contributed by atoms with Gasteiger partial charge >= 0.3 is 0 Å². The van der Waals surface area contributed by atoms with Crippen LogP contribution in [0.2, 0.25) is 0 Å². The Bertz CT molecular complexity index is 3550. The van der Waals surface area contributed by atoms with Gasteiger partial charge in [-0.25, -0.2) is 15.0 Å². The molecule has 4 heterocycles. The first kappa shape index (κ1) is 32.7. The molecule has 58 heavy (non-hydrogen) atoms. The van der Waals surface area contributed by atoms with Gasteiger partial charge in [-0.05, 0) is 48.5 Å². The van der Waals surface area contributed by atoms with Gasteiger partial charge < -0.3 is 4.57 Å². The van der Waals surface area contributed by atoms with Crippen LogP contribution in [0.15, 0.2) is 194 Å². The minimum Gasteiger partial charge on any atom is -0.309 e. The van der Waals surface area contributed by atoms with Crippen molar-refractivity contribution in [2.45, 2.75) is 0 Å². The Balaban J connectivity index is 1.14. The maximum Gasteiger partial charge on any atom is 0.160 e. The van der Waals surface area contributed by atoms with Crippen LogP contribution in [0.4, 0.5) is 0 Å². The van der Waals surface area contributed by atoms with Gasteiger partial charge in [0.1, 0.15) is 0 Å². The molecule has 0 spiro atoms. The summed E-state index contributed by atoms with van der Waals surface area (Å²) < 4.78 is 4.90. The predicted octanol–water partition coefficient (Wildman–Crippen LogP) is 14.3. The van der Waals surface area contributed by atoms with Crippen LogP contribution in [0, 0.1) is 0 Å². The molecular formula is C53H32N4S. The smallest absolute Gasteiger partial charge is 0.160 e. The number of hydrogen-bond donors (Lipinski definition) is 0. The van der Waals surface area contributed by atoms with Gasteiger partial charge in [-0.3, -0.25) is 0 Å².